The molecule has 0 atom stereocenters. The molecule has 0 spiro atoms. The summed E-state index contributed by atoms with van der Waals surface area (Å²) in [5, 5.41) is 0. The van der Waals surface area contributed by atoms with E-state index in [9.17, 15) is 13.2 Å². The molecule has 2 N–H and O–H groups in total. The van der Waals surface area contributed by atoms with Gasteiger partial charge < -0.3 is 15.2 Å². The number of halogens is 1. The predicted molar refractivity (Wildman–Crippen MR) is 87.5 cm³/mol. The maximum absolute atomic E-state index is 12.6. The highest BCUT2D eigenvalue weighted by Gasteiger charge is 2.29. The average molecular weight is 365 g/mol. The van der Waals surface area contributed by atoms with Crippen LogP contribution in [-0.4, -0.2) is 52.0 Å². The number of benzene rings is 1. The van der Waals surface area contributed by atoms with E-state index in [0.717, 1.165) is 0 Å². The van der Waals surface area contributed by atoms with Crippen molar-refractivity contribution in [1.29, 1.82) is 0 Å². The first-order valence-electron chi connectivity index (χ1n) is 6.92. The van der Waals surface area contributed by atoms with Gasteiger partial charge in [-0.15, -0.1) is 12.4 Å². The summed E-state index contributed by atoms with van der Waals surface area (Å²) in [6.07, 6.45) is 1.25. The molecular weight excluding hydrogens is 344 g/mol. The molecule has 2 rings (SSSR count). The molecule has 0 bridgehead atoms. The monoisotopic (exact) mass is 364 g/mol. The summed E-state index contributed by atoms with van der Waals surface area (Å²) in [5.74, 6) is -0.374. The van der Waals surface area contributed by atoms with Gasteiger partial charge in [0.2, 0.25) is 10.0 Å². The Balaban J connectivity index is 0.00000264. The third-order valence-corrected chi connectivity index (χ3v) is 5.61. The minimum Gasteiger partial charge on any atom is -0.496 e. The van der Waals surface area contributed by atoms with Crippen molar-refractivity contribution in [2.75, 3.05) is 27.3 Å². The van der Waals surface area contributed by atoms with Gasteiger partial charge >= 0.3 is 5.97 Å². The molecular formula is C14H21ClN2O5S. The van der Waals surface area contributed by atoms with Crippen molar-refractivity contribution in [3.63, 3.8) is 0 Å². The Morgan fingerprint density at radius 1 is 1.26 bits per heavy atom. The van der Waals surface area contributed by atoms with E-state index in [4.69, 9.17) is 10.5 Å². The normalized spacial score (nSPS) is 16.5. The zero-order valence-electron chi connectivity index (χ0n) is 13.0. The molecule has 7 nitrogen and oxygen atoms in total. The fourth-order valence-electron chi connectivity index (χ4n) is 2.38. The van der Waals surface area contributed by atoms with Crippen LogP contribution in [0.25, 0.3) is 0 Å². The molecule has 9 heteroatoms. The van der Waals surface area contributed by atoms with Gasteiger partial charge in [0, 0.05) is 19.1 Å². The van der Waals surface area contributed by atoms with Crippen molar-refractivity contribution in [2.45, 2.75) is 23.8 Å². The predicted octanol–water partition coefficient (Wildman–Crippen LogP) is 1.02. The highest BCUT2D eigenvalue weighted by Crippen LogP contribution is 2.26. The van der Waals surface area contributed by atoms with Crippen molar-refractivity contribution in [3.05, 3.63) is 23.8 Å². The van der Waals surface area contributed by atoms with Crippen LogP contribution >= 0.6 is 12.4 Å². The largest absolute Gasteiger partial charge is 0.496 e. The van der Waals surface area contributed by atoms with E-state index in [2.05, 4.69) is 4.74 Å². The molecule has 1 aromatic carbocycles. The lowest BCUT2D eigenvalue weighted by Crippen LogP contribution is -2.42. The molecule has 1 fully saturated rings. The Morgan fingerprint density at radius 3 is 2.39 bits per heavy atom. The third kappa shape index (κ3) is 4.14. The fraction of sp³-hybridized carbons (Fsp3) is 0.500. The van der Waals surface area contributed by atoms with Crippen molar-refractivity contribution >= 4 is 28.4 Å². The number of nitrogens with zero attached hydrogens (tertiary/aromatic N) is 1. The second-order valence-electron chi connectivity index (χ2n) is 5.10. The van der Waals surface area contributed by atoms with Crippen LogP contribution in [0, 0.1) is 0 Å². The molecule has 130 valence electrons. The smallest absolute Gasteiger partial charge is 0.341 e. The summed E-state index contributed by atoms with van der Waals surface area (Å²) in [5.41, 5.74) is 5.88. The molecule has 1 heterocycles. The van der Waals surface area contributed by atoms with Crippen molar-refractivity contribution in [3.8, 4) is 5.75 Å². The summed E-state index contributed by atoms with van der Waals surface area (Å²) in [6, 6.07) is 4.20. The number of ether oxygens (including phenoxy) is 2. The van der Waals surface area contributed by atoms with Crippen LogP contribution in [0.2, 0.25) is 0 Å². The summed E-state index contributed by atoms with van der Waals surface area (Å²) in [6.45, 7) is 0.756. The van der Waals surface area contributed by atoms with Crippen molar-refractivity contribution < 1.29 is 22.7 Å². The number of sulfonamides is 1. The Morgan fingerprint density at radius 2 is 1.87 bits per heavy atom. The van der Waals surface area contributed by atoms with Gasteiger partial charge in [-0.3, -0.25) is 0 Å². The maximum atomic E-state index is 12.6. The number of nitrogens with two attached hydrogens (primary N) is 1. The van der Waals surface area contributed by atoms with Gasteiger partial charge in [0.15, 0.2) is 0 Å². The second-order valence-corrected chi connectivity index (χ2v) is 7.03. The molecule has 1 aromatic rings. The average Bonchev–Trinajstić information content (AvgIpc) is 2.53. The van der Waals surface area contributed by atoms with E-state index < -0.39 is 16.0 Å². The number of carbonyl (C=O) groups is 1. The van der Waals surface area contributed by atoms with E-state index in [1.807, 2.05) is 0 Å². The van der Waals surface area contributed by atoms with Crippen molar-refractivity contribution in [2.24, 2.45) is 5.73 Å². The lowest BCUT2D eigenvalue weighted by Gasteiger charge is -2.29. The zero-order valence-corrected chi connectivity index (χ0v) is 14.7. The molecule has 1 aliphatic heterocycles. The maximum Gasteiger partial charge on any atom is 0.341 e. The quantitative estimate of drug-likeness (QED) is 0.801. The van der Waals surface area contributed by atoms with Crippen LogP contribution in [0.15, 0.2) is 23.1 Å². The van der Waals surface area contributed by atoms with Gasteiger partial charge in [0.1, 0.15) is 11.3 Å². The Kier molecular flexibility index (Phi) is 6.82. The highest BCUT2D eigenvalue weighted by atomic mass is 35.5. The van der Waals surface area contributed by atoms with E-state index >= 15 is 0 Å². The van der Waals surface area contributed by atoms with Crippen LogP contribution < -0.4 is 10.5 Å². The van der Waals surface area contributed by atoms with Crippen LogP contribution in [0.5, 0.6) is 5.75 Å². The Hall–Kier alpha value is -1.35. The number of methoxy groups -OCH3 is 2. The van der Waals surface area contributed by atoms with E-state index in [1.165, 1.54) is 36.7 Å². The van der Waals surface area contributed by atoms with Gasteiger partial charge in [-0.2, -0.15) is 4.31 Å². The lowest BCUT2D eigenvalue weighted by atomic mass is 10.1. The topological polar surface area (TPSA) is 98.9 Å². The number of hydrogen-bond acceptors (Lipinski definition) is 6. The number of carbonyl (C=O) groups excluding carboxylic acids is 1. The molecule has 0 saturated carbocycles. The van der Waals surface area contributed by atoms with Gasteiger partial charge in [0.05, 0.1) is 19.1 Å². The number of rotatable bonds is 4. The van der Waals surface area contributed by atoms with Crippen LogP contribution in [0.1, 0.15) is 23.2 Å². The SMILES string of the molecule is COC(=O)c1cc(S(=O)(=O)N2CCC(N)CC2)ccc1OC.Cl. The van der Waals surface area contributed by atoms with Crippen LogP contribution in [0.3, 0.4) is 0 Å². The van der Waals surface area contributed by atoms with Crippen LogP contribution in [0.4, 0.5) is 0 Å². The number of hydrogen-bond donors (Lipinski definition) is 1. The first kappa shape index (κ1) is 19.7. The Bertz CT molecular complexity index is 657. The van der Waals surface area contributed by atoms with E-state index in [0.29, 0.717) is 25.9 Å². The summed E-state index contributed by atoms with van der Waals surface area (Å²) in [4.78, 5) is 11.8. The summed E-state index contributed by atoms with van der Waals surface area (Å²) >= 11 is 0. The lowest BCUT2D eigenvalue weighted by molar-refractivity contribution is 0.0597. The van der Waals surface area contributed by atoms with Gasteiger partial charge in [-0.05, 0) is 31.0 Å². The Labute approximate surface area is 142 Å². The van der Waals surface area contributed by atoms with Gasteiger partial charge in [-0.25, -0.2) is 13.2 Å². The molecule has 0 unspecified atom stereocenters. The number of esters is 1. The molecule has 0 amide bonds. The van der Waals surface area contributed by atoms with E-state index in [1.54, 1.807) is 0 Å². The van der Waals surface area contributed by atoms with Gasteiger partial charge in [-0.1, -0.05) is 0 Å². The second kappa shape index (κ2) is 7.96. The molecule has 0 radical (unpaired) electrons. The van der Waals surface area contributed by atoms with Crippen molar-refractivity contribution in [1.82, 2.24) is 4.31 Å². The molecule has 0 aliphatic carbocycles. The molecule has 1 saturated heterocycles. The molecule has 0 aromatic heterocycles. The highest BCUT2D eigenvalue weighted by molar-refractivity contribution is 7.89. The fourth-order valence-corrected chi connectivity index (χ4v) is 3.88. The van der Waals surface area contributed by atoms with Gasteiger partial charge in [0.25, 0.3) is 0 Å². The first-order chi connectivity index (χ1) is 10.4. The minimum atomic E-state index is -3.66. The standard InChI is InChI=1S/C14H20N2O5S.ClH/c1-20-13-4-3-11(9-12(13)14(17)21-2)22(18,19)16-7-5-10(15)6-8-16;/h3-4,9-10H,5-8,15H2,1-2H3;1H. The zero-order chi connectivity index (χ0) is 16.3. The van der Waals surface area contributed by atoms with E-state index in [-0.39, 0.29) is 34.7 Å². The minimum absolute atomic E-state index is 0. The summed E-state index contributed by atoms with van der Waals surface area (Å²) in [7, 11) is -1.02. The summed E-state index contributed by atoms with van der Waals surface area (Å²) < 4.78 is 36.4. The molecule has 23 heavy (non-hydrogen) atoms. The molecule has 1 aliphatic rings. The number of piperidine rings is 1. The first-order valence-corrected chi connectivity index (χ1v) is 8.36. The third-order valence-electron chi connectivity index (χ3n) is 3.71. The van der Waals surface area contributed by atoms with Crippen LogP contribution in [-0.2, 0) is 14.8 Å².